The summed E-state index contributed by atoms with van der Waals surface area (Å²) in [7, 11) is -3.65. The Morgan fingerprint density at radius 3 is 2.67 bits per heavy atom. The van der Waals surface area contributed by atoms with Gasteiger partial charge in [0.1, 0.15) is 10.6 Å². The first-order valence-corrected chi connectivity index (χ1v) is 8.85. The normalized spacial score (nSPS) is 28.1. The van der Waals surface area contributed by atoms with Crippen LogP contribution in [0.3, 0.4) is 0 Å². The fourth-order valence-electron chi connectivity index (χ4n) is 3.73. The predicted molar refractivity (Wildman–Crippen MR) is 76.6 cm³/mol. The van der Waals surface area contributed by atoms with Crippen LogP contribution < -0.4 is 4.72 Å². The lowest BCUT2D eigenvalue weighted by molar-refractivity contribution is 0.0685. The van der Waals surface area contributed by atoms with Gasteiger partial charge in [-0.05, 0) is 44.1 Å². The molecule has 1 aromatic heterocycles. The van der Waals surface area contributed by atoms with Gasteiger partial charge >= 0.3 is 5.97 Å². The number of aromatic carboxylic acids is 1. The minimum Gasteiger partial charge on any atom is -0.477 e. The maximum atomic E-state index is 12.5. The third-order valence-electron chi connectivity index (χ3n) is 4.79. The number of nitrogens with zero attached hydrogens (tertiary/aromatic N) is 1. The Kier molecular flexibility index (Phi) is 3.57. The molecule has 2 aliphatic rings. The number of carboxylic acid groups (broad SMARTS) is 1. The van der Waals surface area contributed by atoms with Gasteiger partial charge in [0, 0.05) is 18.8 Å². The number of hydrogen-bond donors (Lipinski definition) is 2. The Labute approximate surface area is 124 Å². The maximum Gasteiger partial charge on any atom is 0.352 e. The number of hydrogen-bond acceptors (Lipinski definition) is 3. The van der Waals surface area contributed by atoms with Gasteiger partial charge in [0.05, 0.1) is 0 Å². The number of fused-ring (bicyclic) bond motifs is 2. The van der Waals surface area contributed by atoms with E-state index < -0.39 is 16.0 Å². The molecule has 21 heavy (non-hydrogen) atoms. The highest BCUT2D eigenvalue weighted by Gasteiger charge is 2.41. The average Bonchev–Trinajstić information content (AvgIpc) is 3.12. The van der Waals surface area contributed by atoms with E-state index in [2.05, 4.69) is 4.72 Å². The summed E-state index contributed by atoms with van der Waals surface area (Å²) in [5.41, 5.74) is 0.00539. The molecule has 2 bridgehead atoms. The molecule has 3 unspecified atom stereocenters. The summed E-state index contributed by atoms with van der Waals surface area (Å²) in [6.07, 6.45) is 5.72. The average molecular weight is 312 g/mol. The Bertz CT molecular complexity index is 665. The van der Waals surface area contributed by atoms with Gasteiger partial charge in [0.15, 0.2) is 0 Å². The van der Waals surface area contributed by atoms with E-state index in [-0.39, 0.29) is 16.6 Å². The van der Waals surface area contributed by atoms with E-state index in [1.54, 1.807) is 6.92 Å². The standard InChI is InChI=1S/C14H20N2O4S/c1-2-16-8-11(7-13(16)14(17)18)21(19,20)15-12-6-9-3-4-10(12)5-9/h7-10,12,15H,2-6H2,1H3,(H,17,18). The van der Waals surface area contributed by atoms with E-state index in [1.165, 1.54) is 23.3 Å². The zero-order valence-electron chi connectivity index (χ0n) is 11.9. The molecule has 0 radical (unpaired) electrons. The van der Waals surface area contributed by atoms with Crippen LogP contribution in [0.1, 0.15) is 43.1 Å². The van der Waals surface area contributed by atoms with Gasteiger partial charge in [-0.2, -0.15) is 0 Å². The van der Waals surface area contributed by atoms with E-state index >= 15 is 0 Å². The van der Waals surface area contributed by atoms with Crippen LogP contribution in [-0.2, 0) is 16.6 Å². The quantitative estimate of drug-likeness (QED) is 0.865. The van der Waals surface area contributed by atoms with Crippen LogP contribution >= 0.6 is 0 Å². The molecule has 116 valence electrons. The molecule has 0 aromatic carbocycles. The summed E-state index contributed by atoms with van der Waals surface area (Å²) < 4.78 is 29.1. The first kappa shape index (κ1) is 14.6. The molecule has 2 aliphatic carbocycles. The SMILES string of the molecule is CCn1cc(S(=O)(=O)NC2CC3CCC2C3)cc1C(=O)O. The molecule has 0 spiro atoms. The third-order valence-corrected chi connectivity index (χ3v) is 6.24. The number of aromatic nitrogens is 1. The van der Waals surface area contributed by atoms with Gasteiger partial charge < -0.3 is 9.67 Å². The molecule has 3 atom stereocenters. The van der Waals surface area contributed by atoms with Crippen LogP contribution in [0.2, 0.25) is 0 Å². The molecule has 6 nitrogen and oxygen atoms in total. The van der Waals surface area contributed by atoms with Gasteiger partial charge in [-0.15, -0.1) is 0 Å². The van der Waals surface area contributed by atoms with E-state index in [0.717, 1.165) is 19.3 Å². The zero-order valence-corrected chi connectivity index (χ0v) is 12.8. The zero-order chi connectivity index (χ0) is 15.2. The lowest BCUT2D eigenvalue weighted by Gasteiger charge is -2.22. The van der Waals surface area contributed by atoms with Gasteiger partial charge in [0.2, 0.25) is 10.0 Å². The van der Waals surface area contributed by atoms with Gasteiger partial charge in [-0.1, -0.05) is 6.42 Å². The van der Waals surface area contributed by atoms with Crippen molar-refractivity contribution in [2.24, 2.45) is 11.8 Å². The Balaban J connectivity index is 1.83. The molecule has 0 aliphatic heterocycles. The molecule has 7 heteroatoms. The number of nitrogens with one attached hydrogen (secondary N) is 1. The summed E-state index contributed by atoms with van der Waals surface area (Å²) in [6, 6.07) is 1.24. The molecule has 3 rings (SSSR count). The number of sulfonamides is 1. The van der Waals surface area contributed by atoms with E-state index in [4.69, 9.17) is 5.11 Å². The Hall–Kier alpha value is -1.34. The molecule has 2 fully saturated rings. The first-order valence-electron chi connectivity index (χ1n) is 7.36. The van der Waals surface area contributed by atoms with Crippen molar-refractivity contribution >= 4 is 16.0 Å². The van der Waals surface area contributed by atoms with Crippen LogP contribution in [0, 0.1) is 11.8 Å². The number of carbonyl (C=O) groups is 1. The second kappa shape index (κ2) is 5.14. The second-order valence-corrected chi connectivity index (χ2v) is 7.77. The summed E-state index contributed by atoms with van der Waals surface area (Å²) in [6.45, 7) is 2.21. The van der Waals surface area contributed by atoms with Crippen molar-refractivity contribution in [2.45, 2.75) is 50.1 Å². The van der Waals surface area contributed by atoms with Crippen molar-refractivity contribution in [2.75, 3.05) is 0 Å². The summed E-state index contributed by atoms with van der Waals surface area (Å²) in [5, 5.41) is 9.11. The van der Waals surface area contributed by atoms with Crippen molar-refractivity contribution in [3.8, 4) is 0 Å². The second-order valence-electron chi connectivity index (χ2n) is 6.05. The van der Waals surface area contributed by atoms with E-state index in [0.29, 0.717) is 18.4 Å². The van der Waals surface area contributed by atoms with E-state index in [1.807, 2.05) is 0 Å². The van der Waals surface area contributed by atoms with Crippen molar-refractivity contribution in [1.82, 2.24) is 9.29 Å². The highest BCUT2D eigenvalue weighted by Crippen LogP contribution is 2.44. The maximum absolute atomic E-state index is 12.5. The molecule has 2 N–H and O–H groups in total. The van der Waals surface area contributed by atoms with Crippen LogP contribution in [0.4, 0.5) is 0 Å². The van der Waals surface area contributed by atoms with Crippen molar-refractivity contribution in [3.63, 3.8) is 0 Å². The van der Waals surface area contributed by atoms with Crippen LogP contribution in [0.5, 0.6) is 0 Å². The first-order chi connectivity index (χ1) is 9.90. The fraction of sp³-hybridized carbons (Fsp3) is 0.643. The molecule has 2 saturated carbocycles. The molecule has 1 heterocycles. The predicted octanol–water partition coefficient (Wildman–Crippen LogP) is 1.67. The third kappa shape index (κ3) is 2.60. The fourth-order valence-corrected chi connectivity index (χ4v) is 5.08. The number of aryl methyl sites for hydroxylation is 1. The summed E-state index contributed by atoms with van der Waals surface area (Å²) >= 11 is 0. The highest BCUT2D eigenvalue weighted by atomic mass is 32.2. The summed E-state index contributed by atoms with van der Waals surface area (Å²) in [4.78, 5) is 11.2. The smallest absolute Gasteiger partial charge is 0.352 e. The topological polar surface area (TPSA) is 88.4 Å². The van der Waals surface area contributed by atoms with Crippen molar-refractivity contribution in [1.29, 1.82) is 0 Å². The minimum atomic E-state index is -3.65. The highest BCUT2D eigenvalue weighted by molar-refractivity contribution is 7.89. The van der Waals surface area contributed by atoms with Gasteiger partial charge in [-0.25, -0.2) is 17.9 Å². The monoisotopic (exact) mass is 312 g/mol. The minimum absolute atomic E-state index is 0.00539. The van der Waals surface area contributed by atoms with Crippen LogP contribution in [0.15, 0.2) is 17.2 Å². The van der Waals surface area contributed by atoms with Gasteiger partial charge in [0.25, 0.3) is 0 Å². The molecule has 0 saturated heterocycles. The Morgan fingerprint density at radius 2 is 2.19 bits per heavy atom. The number of rotatable bonds is 5. The number of carboxylic acids is 1. The largest absolute Gasteiger partial charge is 0.477 e. The van der Waals surface area contributed by atoms with Crippen LogP contribution in [0.25, 0.3) is 0 Å². The lowest BCUT2D eigenvalue weighted by Crippen LogP contribution is -2.38. The van der Waals surface area contributed by atoms with Crippen molar-refractivity contribution in [3.05, 3.63) is 18.0 Å². The van der Waals surface area contributed by atoms with Gasteiger partial charge in [-0.3, -0.25) is 0 Å². The van der Waals surface area contributed by atoms with E-state index in [9.17, 15) is 13.2 Å². The molecule has 1 aromatic rings. The Morgan fingerprint density at radius 1 is 1.43 bits per heavy atom. The molecular weight excluding hydrogens is 292 g/mol. The van der Waals surface area contributed by atoms with Crippen molar-refractivity contribution < 1.29 is 18.3 Å². The molecular formula is C14H20N2O4S. The lowest BCUT2D eigenvalue weighted by atomic mass is 9.96. The molecule has 0 amide bonds. The summed E-state index contributed by atoms with van der Waals surface area (Å²) in [5.74, 6) is -0.0206. The van der Waals surface area contributed by atoms with Crippen LogP contribution in [-0.4, -0.2) is 30.1 Å².